The number of nitrogens with one attached hydrogen (secondary N) is 1. The lowest BCUT2D eigenvalue weighted by atomic mass is 10.2. The summed E-state index contributed by atoms with van der Waals surface area (Å²) in [7, 11) is 0. The van der Waals surface area contributed by atoms with Gasteiger partial charge in [-0.05, 0) is 27.7 Å². The van der Waals surface area contributed by atoms with Crippen LogP contribution in [0.3, 0.4) is 0 Å². The maximum Gasteiger partial charge on any atom is 0.412 e. The predicted molar refractivity (Wildman–Crippen MR) is 78.0 cm³/mol. The fraction of sp³-hybridized carbons (Fsp3) is 0.333. The summed E-state index contributed by atoms with van der Waals surface area (Å²) in [5.41, 5.74) is -0.729. The Morgan fingerprint density at radius 2 is 1.78 bits per heavy atom. The van der Waals surface area contributed by atoms with E-state index in [-0.39, 0.29) is 11.4 Å². The summed E-state index contributed by atoms with van der Waals surface area (Å²) in [6.07, 6.45) is 0.502. The normalized spacial score (nSPS) is 11.4. The van der Waals surface area contributed by atoms with Crippen LogP contribution >= 0.6 is 0 Å². The van der Waals surface area contributed by atoms with Gasteiger partial charge in [-0.15, -0.1) is 0 Å². The Balaban J connectivity index is 2.32. The number of ether oxygens (including phenoxy) is 1. The molecule has 1 N–H and O–H groups in total. The van der Waals surface area contributed by atoms with Crippen molar-refractivity contribution in [3.8, 4) is 5.69 Å². The van der Waals surface area contributed by atoms with E-state index in [2.05, 4.69) is 10.4 Å². The molecule has 0 radical (unpaired) electrons. The third-order valence-electron chi connectivity index (χ3n) is 2.84. The van der Waals surface area contributed by atoms with Crippen LogP contribution in [0.25, 0.3) is 5.69 Å². The zero-order valence-electron chi connectivity index (χ0n) is 13.1. The highest BCUT2D eigenvalue weighted by molar-refractivity contribution is 5.85. The molecule has 0 aliphatic carbocycles. The van der Waals surface area contributed by atoms with Crippen molar-refractivity contribution in [1.29, 1.82) is 0 Å². The van der Waals surface area contributed by atoms with Gasteiger partial charge in [0.2, 0.25) is 0 Å². The second kappa shape index (κ2) is 5.94. The summed E-state index contributed by atoms with van der Waals surface area (Å²) in [6.45, 7) is 6.60. The van der Waals surface area contributed by atoms with Crippen molar-refractivity contribution < 1.29 is 22.7 Å². The number of hydrogen-bond acceptors (Lipinski definition) is 3. The van der Waals surface area contributed by atoms with Gasteiger partial charge >= 0.3 is 6.09 Å². The van der Waals surface area contributed by atoms with Gasteiger partial charge in [-0.3, -0.25) is 5.32 Å². The first kappa shape index (κ1) is 16.9. The lowest BCUT2D eigenvalue weighted by Crippen LogP contribution is -2.27. The maximum atomic E-state index is 13.8. The molecule has 5 nitrogen and oxygen atoms in total. The average molecular weight is 327 g/mol. The Morgan fingerprint density at radius 1 is 1.22 bits per heavy atom. The molecule has 2 rings (SSSR count). The molecule has 2 aromatic rings. The van der Waals surface area contributed by atoms with Crippen LogP contribution in [0.1, 0.15) is 26.5 Å². The zero-order valence-corrected chi connectivity index (χ0v) is 13.1. The van der Waals surface area contributed by atoms with Crippen LogP contribution in [-0.4, -0.2) is 21.5 Å². The molecule has 0 saturated heterocycles. The Hall–Kier alpha value is -2.51. The Bertz CT molecular complexity index is 728. The summed E-state index contributed by atoms with van der Waals surface area (Å²) in [5, 5.41) is 6.27. The van der Waals surface area contributed by atoms with Gasteiger partial charge in [-0.25, -0.2) is 22.6 Å². The molecule has 1 aromatic carbocycles. The van der Waals surface area contributed by atoms with Crippen molar-refractivity contribution in [2.45, 2.75) is 33.3 Å². The van der Waals surface area contributed by atoms with Gasteiger partial charge in [0.15, 0.2) is 11.6 Å². The minimum absolute atomic E-state index is 0.224. The molecule has 23 heavy (non-hydrogen) atoms. The van der Waals surface area contributed by atoms with Crippen molar-refractivity contribution in [2.24, 2.45) is 0 Å². The van der Waals surface area contributed by atoms with Gasteiger partial charge < -0.3 is 4.74 Å². The molecule has 0 aliphatic heterocycles. The van der Waals surface area contributed by atoms with E-state index < -0.39 is 34.8 Å². The number of hydrogen-bond donors (Lipinski definition) is 1. The maximum absolute atomic E-state index is 13.8. The SMILES string of the molecule is Cc1c(NC(=O)OC(C)(C)C)cnn1-c1c(F)cc(F)cc1F. The number of benzene rings is 1. The van der Waals surface area contributed by atoms with Crippen LogP contribution in [0.15, 0.2) is 18.3 Å². The number of aromatic nitrogens is 2. The minimum Gasteiger partial charge on any atom is -0.444 e. The number of anilines is 1. The second-order valence-electron chi connectivity index (χ2n) is 5.90. The standard InChI is InChI=1S/C15H16F3N3O2/c1-8-12(20-14(22)23-15(2,3)4)7-19-21(8)13-10(17)5-9(16)6-11(13)18/h5-7H,1-4H3,(H,20,22). The first-order valence-corrected chi connectivity index (χ1v) is 6.78. The number of rotatable bonds is 2. The largest absolute Gasteiger partial charge is 0.444 e. The number of halogens is 3. The van der Waals surface area contributed by atoms with Gasteiger partial charge in [0.05, 0.1) is 17.6 Å². The fourth-order valence-electron chi connectivity index (χ4n) is 1.91. The summed E-state index contributed by atoms with van der Waals surface area (Å²) in [5.74, 6) is -3.23. The molecule has 1 aromatic heterocycles. The van der Waals surface area contributed by atoms with E-state index in [0.717, 1.165) is 4.68 Å². The van der Waals surface area contributed by atoms with Crippen LogP contribution in [0.5, 0.6) is 0 Å². The van der Waals surface area contributed by atoms with E-state index in [9.17, 15) is 18.0 Å². The van der Waals surface area contributed by atoms with E-state index in [0.29, 0.717) is 12.1 Å². The molecule has 0 atom stereocenters. The first-order valence-electron chi connectivity index (χ1n) is 6.78. The van der Waals surface area contributed by atoms with E-state index in [4.69, 9.17) is 4.74 Å². The molecule has 0 aliphatic rings. The molecule has 1 heterocycles. The van der Waals surface area contributed by atoms with E-state index in [1.165, 1.54) is 13.1 Å². The number of nitrogens with zero attached hydrogens (tertiary/aromatic N) is 2. The molecular weight excluding hydrogens is 311 g/mol. The summed E-state index contributed by atoms with van der Waals surface area (Å²) in [4.78, 5) is 11.7. The number of carbonyl (C=O) groups excluding carboxylic acids is 1. The van der Waals surface area contributed by atoms with Gasteiger partial charge in [0, 0.05) is 12.1 Å². The van der Waals surface area contributed by atoms with Crippen molar-refractivity contribution in [2.75, 3.05) is 5.32 Å². The van der Waals surface area contributed by atoms with Gasteiger partial charge in [-0.2, -0.15) is 5.10 Å². The van der Waals surface area contributed by atoms with Crippen molar-refractivity contribution in [1.82, 2.24) is 9.78 Å². The number of amides is 1. The Labute approximate surface area is 131 Å². The molecule has 0 unspecified atom stereocenters. The van der Waals surface area contributed by atoms with E-state index >= 15 is 0 Å². The lowest BCUT2D eigenvalue weighted by molar-refractivity contribution is 0.0636. The van der Waals surface area contributed by atoms with Crippen LogP contribution < -0.4 is 5.32 Å². The molecule has 1 amide bonds. The minimum atomic E-state index is -1.10. The smallest absolute Gasteiger partial charge is 0.412 e. The van der Waals surface area contributed by atoms with Gasteiger partial charge in [0.25, 0.3) is 0 Å². The predicted octanol–water partition coefficient (Wildman–Crippen LogP) is 3.95. The summed E-state index contributed by atoms with van der Waals surface area (Å²) in [6, 6.07) is 1.11. The van der Waals surface area contributed by atoms with Crippen molar-refractivity contribution in [3.05, 3.63) is 41.5 Å². The highest BCUT2D eigenvalue weighted by atomic mass is 19.1. The lowest BCUT2D eigenvalue weighted by Gasteiger charge is -2.19. The molecule has 0 spiro atoms. The van der Waals surface area contributed by atoms with E-state index in [1.807, 2.05) is 0 Å². The van der Waals surface area contributed by atoms with Gasteiger partial charge in [0.1, 0.15) is 17.1 Å². The molecule has 124 valence electrons. The first-order chi connectivity index (χ1) is 10.6. The van der Waals surface area contributed by atoms with E-state index in [1.54, 1.807) is 20.8 Å². The van der Waals surface area contributed by atoms with Crippen LogP contribution in [0.2, 0.25) is 0 Å². The van der Waals surface area contributed by atoms with Crippen LogP contribution in [-0.2, 0) is 4.74 Å². The molecule has 0 fully saturated rings. The third-order valence-corrected chi connectivity index (χ3v) is 2.84. The second-order valence-corrected chi connectivity index (χ2v) is 5.90. The molecule has 0 bridgehead atoms. The molecule has 0 saturated carbocycles. The van der Waals surface area contributed by atoms with Gasteiger partial charge in [-0.1, -0.05) is 0 Å². The van der Waals surface area contributed by atoms with Crippen LogP contribution in [0.4, 0.5) is 23.7 Å². The average Bonchev–Trinajstić information content (AvgIpc) is 2.68. The van der Waals surface area contributed by atoms with Crippen LogP contribution in [0, 0.1) is 24.4 Å². The highest BCUT2D eigenvalue weighted by Gasteiger charge is 2.21. The Morgan fingerprint density at radius 3 is 2.30 bits per heavy atom. The summed E-state index contributed by atoms with van der Waals surface area (Å²) >= 11 is 0. The summed E-state index contributed by atoms with van der Waals surface area (Å²) < 4.78 is 46.6. The monoisotopic (exact) mass is 327 g/mol. The molecule has 8 heteroatoms. The third kappa shape index (κ3) is 3.82. The van der Waals surface area contributed by atoms with Crippen molar-refractivity contribution >= 4 is 11.8 Å². The highest BCUT2D eigenvalue weighted by Crippen LogP contribution is 2.24. The quantitative estimate of drug-likeness (QED) is 0.909. The zero-order chi connectivity index (χ0) is 17.4. The van der Waals surface area contributed by atoms with Crippen molar-refractivity contribution in [3.63, 3.8) is 0 Å². The Kier molecular flexibility index (Phi) is 4.35. The topological polar surface area (TPSA) is 56.1 Å². The molecular formula is C15H16F3N3O2. The number of carbonyl (C=O) groups is 1. The fourth-order valence-corrected chi connectivity index (χ4v) is 1.91.